The molecule has 27 heavy (non-hydrogen) atoms. The van der Waals surface area contributed by atoms with E-state index < -0.39 is 34.9 Å². The summed E-state index contributed by atoms with van der Waals surface area (Å²) < 4.78 is 0. The van der Waals surface area contributed by atoms with Gasteiger partial charge in [0.1, 0.15) is 0 Å². The van der Waals surface area contributed by atoms with Crippen LogP contribution in [0.4, 0.5) is 0 Å². The Balaban J connectivity index is 5.34. The molecule has 0 aromatic rings. The average molecular weight is 403 g/mol. The average Bonchev–Trinajstić information content (AvgIpc) is 2.51. The molecule has 0 radical (unpaired) electrons. The molecule has 0 rings (SSSR count). The molecule has 0 aliphatic rings. The molecular formula is C19H34N2O5S. The lowest BCUT2D eigenvalue weighted by molar-refractivity contribution is -0.138. The van der Waals surface area contributed by atoms with E-state index in [9.17, 15) is 19.2 Å². The van der Waals surface area contributed by atoms with Gasteiger partial charge in [0.2, 0.25) is 5.91 Å². The molecule has 0 fully saturated rings. The smallest absolute Gasteiger partial charge is 0.303 e. The predicted molar refractivity (Wildman–Crippen MR) is 108 cm³/mol. The molecule has 0 spiro atoms. The second-order valence-electron chi connectivity index (χ2n) is 8.59. The van der Waals surface area contributed by atoms with Crippen LogP contribution in [-0.2, 0) is 19.2 Å². The normalized spacial score (nSPS) is 14.3. The number of amides is 1. The first-order chi connectivity index (χ1) is 12.2. The molecule has 0 aromatic heterocycles. The first-order valence-electron chi connectivity index (χ1n) is 9.17. The van der Waals surface area contributed by atoms with Crippen LogP contribution >= 0.6 is 11.8 Å². The fourth-order valence-corrected chi connectivity index (χ4v) is 3.11. The number of aliphatic carboxylic acids is 1. The maximum absolute atomic E-state index is 12.8. The molecule has 1 amide bonds. The molecule has 0 saturated carbocycles. The highest BCUT2D eigenvalue weighted by atomic mass is 32.2. The van der Waals surface area contributed by atoms with E-state index in [1.807, 2.05) is 20.8 Å². The summed E-state index contributed by atoms with van der Waals surface area (Å²) in [6.45, 7) is 12.6. The molecule has 0 bridgehead atoms. The van der Waals surface area contributed by atoms with Crippen molar-refractivity contribution in [2.45, 2.75) is 85.4 Å². The third-order valence-corrected chi connectivity index (χ3v) is 4.75. The van der Waals surface area contributed by atoms with Crippen LogP contribution in [0.25, 0.3) is 0 Å². The van der Waals surface area contributed by atoms with Gasteiger partial charge in [-0.1, -0.05) is 39.5 Å². The molecule has 156 valence electrons. The second-order valence-corrected chi connectivity index (χ2v) is 9.67. The van der Waals surface area contributed by atoms with Crippen molar-refractivity contribution < 1.29 is 24.3 Å². The van der Waals surface area contributed by atoms with E-state index >= 15 is 0 Å². The summed E-state index contributed by atoms with van der Waals surface area (Å²) in [6.07, 6.45) is 0.292. The van der Waals surface area contributed by atoms with E-state index in [4.69, 9.17) is 5.11 Å². The summed E-state index contributed by atoms with van der Waals surface area (Å²) >= 11 is 1.03. The first-order valence-corrected chi connectivity index (χ1v) is 10.2. The zero-order chi connectivity index (χ0) is 21.4. The minimum absolute atomic E-state index is 0.0498. The Morgan fingerprint density at radius 2 is 1.56 bits per heavy atom. The van der Waals surface area contributed by atoms with Crippen LogP contribution < -0.4 is 10.6 Å². The Morgan fingerprint density at radius 3 is 1.96 bits per heavy atom. The lowest BCUT2D eigenvalue weighted by Gasteiger charge is -2.30. The summed E-state index contributed by atoms with van der Waals surface area (Å²) in [5.41, 5.74) is -1.08. The van der Waals surface area contributed by atoms with Gasteiger partial charge in [0.05, 0.1) is 12.1 Å². The molecule has 0 heterocycles. The van der Waals surface area contributed by atoms with Crippen molar-refractivity contribution >= 4 is 34.5 Å². The molecule has 0 saturated heterocycles. The minimum Gasteiger partial charge on any atom is -0.481 e. The Morgan fingerprint density at radius 1 is 1.00 bits per heavy atom. The fourth-order valence-electron chi connectivity index (χ4n) is 2.32. The van der Waals surface area contributed by atoms with E-state index in [1.165, 1.54) is 0 Å². The number of carboxylic acids is 1. The van der Waals surface area contributed by atoms with Crippen molar-refractivity contribution in [2.75, 3.05) is 5.75 Å². The monoisotopic (exact) mass is 402 g/mol. The topological polar surface area (TPSA) is 113 Å². The van der Waals surface area contributed by atoms with Gasteiger partial charge >= 0.3 is 5.97 Å². The maximum atomic E-state index is 12.8. The number of hydrogen-bond donors (Lipinski definition) is 3. The fraction of sp³-hybridized carbons (Fsp3) is 0.789. The van der Waals surface area contributed by atoms with Crippen LogP contribution in [0.3, 0.4) is 0 Å². The summed E-state index contributed by atoms with van der Waals surface area (Å²) in [7, 11) is 0. The number of nitrogens with one attached hydrogen (secondary N) is 2. The summed E-state index contributed by atoms with van der Waals surface area (Å²) in [6, 6.07) is -1.56. The van der Waals surface area contributed by atoms with Crippen LogP contribution in [0, 0.1) is 5.41 Å². The number of carbonyl (C=O) groups is 4. The van der Waals surface area contributed by atoms with Gasteiger partial charge in [-0.25, -0.2) is 0 Å². The highest BCUT2D eigenvalue weighted by molar-refractivity contribution is 8.13. The molecule has 3 N–H and O–H groups in total. The first kappa shape index (κ1) is 25.6. The van der Waals surface area contributed by atoms with Crippen LogP contribution in [0.15, 0.2) is 0 Å². The third kappa shape index (κ3) is 11.1. The van der Waals surface area contributed by atoms with Gasteiger partial charge in [-0.2, -0.15) is 0 Å². The quantitative estimate of drug-likeness (QED) is 0.514. The summed E-state index contributed by atoms with van der Waals surface area (Å²) in [4.78, 5) is 48.0. The van der Waals surface area contributed by atoms with Gasteiger partial charge in [-0.15, -0.1) is 0 Å². The zero-order valence-corrected chi connectivity index (χ0v) is 18.3. The predicted octanol–water partition coefficient (Wildman–Crippen LogP) is 2.38. The number of ketones is 1. The van der Waals surface area contributed by atoms with Gasteiger partial charge in [0.25, 0.3) is 0 Å². The Kier molecular flexibility index (Phi) is 10.2. The van der Waals surface area contributed by atoms with Gasteiger partial charge < -0.3 is 15.7 Å². The minimum atomic E-state index is -0.991. The zero-order valence-electron chi connectivity index (χ0n) is 17.5. The summed E-state index contributed by atoms with van der Waals surface area (Å²) in [5.74, 6) is -1.43. The van der Waals surface area contributed by atoms with Crippen molar-refractivity contribution in [3.63, 3.8) is 0 Å². The Bertz CT molecular complexity index is 549. The molecule has 0 aliphatic heterocycles. The van der Waals surface area contributed by atoms with Crippen LogP contribution in [0.2, 0.25) is 0 Å². The molecule has 2 atom stereocenters. The highest BCUT2D eigenvalue weighted by Crippen LogP contribution is 2.20. The van der Waals surface area contributed by atoms with E-state index in [1.54, 1.807) is 27.7 Å². The number of carboxylic acid groups (broad SMARTS) is 1. The lowest BCUT2D eigenvalue weighted by atomic mass is 9.87. The highest BCUT2D eigenvalue weighted by Gasteiger charge is 2.33. The van der Waals surface area contributed by atoms with Gasteiger partial charge in [0, 0.05) is 29.5 Å². The Hall–Kier alpha value is -1.41. The lowest BCUT2D eigenvalue weighted by Crippen LogP contribution is -2.56. The van der Waals surface area contributed by atoms with Crippen molar-refractivity contribution in [1.82, 2.24) is 10.6 Å². The van der Waals surface area contributed by atoms with Crippen LogP contribution in [0.5, 0.6) is 0 Å². The molecule has 0 aromatic carbocycles. The second kappa shape index (κ2) is 10.8. The van der Waals surface area contributed by atoms with Crippen molar-refractivity contribution in [3.8, 4) is 0 Å². The SMILES string of the molecule is CCC(=O)SCC(NC(=O)[C@H](CCC(=O)O)NC(C)(C)C)C(=O)C(C)(C)C. The van der Waals surface area contributed by atoms with E-state index in [-0.39, 0.29) is 29.5 Å². The van der Waals surface area contributed by atoms with E-state index in [0.717, 1.165) is 11.8 Å². The molecule has 8 heteroatoms. The molecule has 0 aliphatic carbocycles. The number of Topliss-reactive ketones (excluding diaryl/α,β-unsaturated/α-hetero) is 1. The third-order valence-electron chi connectivity index (χ3n) is 3.64. The summed E-state index contributed by atoms with van der Waals surface area (Å²) in [5, 5.41) is 14.7. The Labute approximate surface area is 166 Å². The van der Waals surface area contributed by atoms with Crippen LogP contribution in [-0.4, -0.2) is 51.3 Å². The number of rotatable bonds is 10. The van der Waals surface area contributed by atoms with Crippen molar-refractivity contribution in [2.24, 2.45) is 5.41 Å². The number of thioether (sulfide) groups is 1. The van der Waals surface area contributed by atoms with Crippen molar-refractivity contribution in [3.05, 3.63) is 0 Å². The van der Waals surface area contributed by atoms with Crippen molar-refractivity contribution in [1.29, 1.82) is 0 Å². The number of carbonyl (C=O) groups excluding carboxylic acids is 3. The van der Waals surface area contributed by atoms with Gasteiger partial charge in [0.15, 0.2) is 10.9 Å². The largest absolute Gasteiger partial charge is 0.481 e. The number of hydrogen-bond acceptors (Lipinski definition) is 6. The standard InChI is InChI=1S/C19H34N2O5S/c1-8-15(24)27-11-13(16(25)18(2,3)4)20-17(26)12(9-10-14(22)23)21-19(5,6)7/h12-13,21H,8-11H2,1-7H3,(H,20,26)(H,22,23)/t12-,13?/m0/s1. The maximum Gasteiger partial charge on any atom is 0.303 e. The van der Waals surface area contributed by atoms with Gasteiger partial charge in [-0.05, 0) is 27.2 Å². The van der Waals surface area contributed by atoms with Crippen LogP contribution in [0.1, 0.15) is 67.7 Å². The molecular weight excluding hydrogens is 368 g/mol. The van der Waals surface area contributed by atoms with Gasteiger partial charge in [-0.3, -0.25) is 19.2 Å². The van der Waals surface area contributed by atoms with E-state index in [0.29, 0.717) is 6.42 Å². The van der Waals surface area contributed by atoms with E-state index in [2.05, 4.69) is 10.6 Å². The molecule has 1 unspecified atom stereocenters. The molecule has 7 nitrogen and oxygen atoms in total.